The molecule has 8 heteroatoms. The van der Waals surface area contributed by atoms with Crippen LogP contribution in [-0.2, 0) is 9.84 Å². The molecule has 0 spiro atoms. The lowest BCUT2D eigenvalue weighted by Crippen LogP contribution is -2.21. The Kier molecular flexibility index (Phi) is 4.67. The Morgan fingerprint density at radius 2 is 2.08 bits per heavy atom. The average molecular weight is 356 g/mol. The van der Waals surface area contributed by atoms with Crippen molar-refractivity contribution in [3.8, 4) is 6.07 Å². The van der Waals surface area contributed by atoms with Crippen LogP contribution in [0.15, 0.2) is 42.6 Å². The zero-order valence-corrected chi connectivity index (χ0v) is 14.1. The van der Waals surface area contributed by atoms with Crippen LogP contribution in [0.2, 0.25) is 0 Å². The van der Waals surface area contributed by atoms with Crippen LogP contribution in [0.3, 0.4) is 0 Å². The van der Waals surface area contributed by atoms with Crippen LogP contribution in [0.5, 0.6) is 0 Å². The summed E-state index contributed by atoms with van der Waals surface area (Å²) in [4.78, 5) is 16.4. The van der Waals surface area contributed by atoms with Gasteiger partial charge in [-0.25, -0.2) is 8.42 Å². The third-order valence-corrected chi connectivity index (χ3v) is 5.61. The van der Waals surface area contributed by atoms with E-state index >= 15 is 0 Å². The van der Waals surface area contributed by atoms with Crippen molar-refractivity contribution < 1.29 is 13.2 Å². The number of nitrogens with one attached hydrogen (secondary N) is 2. The molecule has 1 aliphatic heterocycles. The summed E-state index contributed by atoms with van der Waals surface area (Å²) in [5.41, 5.74) is 1.80. The fourth-order valence-electron chi connectivity index (χ4n) is 2.65. The first-order valence-electron chi connectivity index (χ1n) is 7.70. The fourth-order valence-corrected chi connectivity index (χ4v) is 4.32. The number of benzene rings is 1. The van der Waals surface area contributed by atoms with Gasteiger partial charge < -0.3 is 10.6 Å². The molecule has 1 aromatic heterocycles. The predicted octanol–water partition coefficient (Wildman–Crippen LogP) is 1.80. The number of carbonyl (C=O) groups is 1. The molecule has 1 aromatic carbocycles. The van der Waals surface area contributed by atoms with Crippen molar-refractivity contribution in [3.63, 3.8) is 0 Å². The molecule has 1 amide bonds. The van der Waals surface area contributed by atoms with E-state index in [0.29, 0.717) is 23.4 Å². The summed E-state index contributed by atoms with van der Waals surface area (Å²) in [5.74, 6) is -0.131. The van der Waals surface area contributed by atoms with Gasteiger partial charge in [0.2, 0.25) is 0 Å². The van der Waals surface area contributed by atoms with E-state index in [-0.39, 0.29) is 23.2 Å². The first kappa shape index (κ1) is 16.9. The third kappa shape index (κ3) is 4.33. The number of hydrogen-bond donors (Lipinski definition) is 2. The number of sulfone groups is 1. The molecular formula is C17H16N4O3S. The van der Waals surface area contributed by atoms with Gasteiger partial charge >= 0.3 is 0 Å². The monoisotopic (exact) mass is 356 g/mol. The summed E-state index contributed by atoms with van der Waals surface area (Å²) in [6.07, 6.45) is 2.04. The zero-order valence-electron chi connectivity index (χ0n) is 13.3. The molecule has 1 atom stereocenters. The molecule has 25 heavy (non-hydrogen) atoms. The number of amides is 1. The van der Waals surface area contributed by atoms with Gasteiger partial charge in [-0.2, -0.15) is 5.26 Å². The molecule has 3 rings (SSSR count). The van der Waals surface area contributed by atoms with Crippen molar-refractivity contribution in [2.45, 2.75) is 12.5 Å². The Balaban J connectivity index is 1.70. The van der Waals surface area contributed by atoms with Gasteiger partial charge in [0.1, 0.15) is 5.69 Å². The summed E-state index contributed by atoms with van der Waals surface area (Å²) in [7, 11) is -2.97. The second-order valence-corrected chi connectivity index (χ2v) is 8.05. The Bertz CT molecular complexity index is 950. The lowest BCUT2D eigenvalue weighted by Gasteiger charge is -2.13. The van der Waals surface area contributed by atoms with Gasteiger partial charge in [-0.05, 0) is 36.8 Å². The van der Waals surface area contributed by atoms with Gasteiger partial charge in [-0.15, -0.1) is 0 Å². The molecule has 2 heterocycles. The van der Waals surface area contributed by atoms with Crippen molar-refractivity contribution in [3.05, 3.63) is 53.9 Å². The van der Waals surface area contributed by atoms with Crippen LogP contribution in [0.25, 0.3) is 0 Å². The highest BCUT2D eigenvalue weighted by Gasteiger charge is 2.27. The second-order valence-electron chi connectivity index (χ2n) is 5.82. The Labute approximate surface area is 145 Å². The summed E-state index contributed by atoms with van der Waals surface area (Å²) in [5, 5.41) is 14.7. The summed E-state index contributed by atoms with van der Waals surface area (Å²) in [6, 6.07) is 11.7. The first-order chi connectivity index (χ1) is 11.9. The highest BCUT2D eigenvalue weighted by molar-refractivity contribution is 7.91. The van der Waals surface area contributed by atoms with Crippen molar-refractivity contribution in [1.29, 1.82) is 5.26 Å². The number of nitrogens with zero attached hydrogens (tertiary/aromatic N) is 2. The zero-order chi connectivity index (χ0) is 17.9. The fraction of sp³-hybridized carbons (Fsp3) is 0.235. The van der Waals surface area contributed by atoms with Crippen LogP contribution in [0, 0.1) is 11.3 Å². The average Bonchev–Trinajstić information content (AvgIpc) is 2.93. The molecule has 128 valence electrons. The lowest BCUT2D eigenvalue weighted by molar-refractivity contribution is 0.102. The van der Waals surface area contributed by atoms with E-state index in [0.717, 1.165) is 0 Å². The molecule has 1 aliphatic rings. The molecule has 0 aliphatic carbocycles. The predicted molar refractivity (Wildman–Crippen MR) is 94.0 cm³/mol. The highest BCUT2D eigenvalue weighted by atomic mass is 32.2. The molecule has 1 unspecified atom stereocenters. The van der Waals surface area contributed by atoms with E-state index in [4.69, 9.17) is 5.26 Å². The Morgan fingerprint density at radius 1 is 1.24 bits per heavy atom. The van der Waals surface area contributed by atoms with Crippen LogP contribution < -0.4 is 10.6 Å². The SMILES string of the molecule is N#Cc1cccc(NC(=O)c2cc(NC3CCS(=O)(=O)C3)ccn2)c1. The largest absolute Gasteiger partial charge is 0.381 e. The molecule has 0 bridgehead atoms. The summed E-state index contributed by atoms with van der Waals surface area (Å²) in [6.45, 7) is 0. The molecule has 0 saturated carbocycles. The highest BCUT2D eigenvalue weighted by Crippen LogP contribution is 2.18. The maximum absolute atomic E-state index is 12.3. The van der Waals surface area contributed by atoms with Gasteiger partial charge in [0.05, 0.1) is 23.1 Å². The van der Waals surface area contributed by atoms with Gasteiger partial charge in [0.15, 0.2) is 9.84 Å². The normalized spacial score (nSPS) is 18.3. The standard InChI is InChI=1S/C17H16N4O3S/c18-10-12-2-1-3-13(8-12)21-17(22)16-9-14(4-6-19-16)20-15-5-7-25(23,24)11-15/h1-4,6,8-9,15H,5,7,11H2,(H,19,20)(H,21,22). The quantitative estimate of drug-likeness (QED) is 0.864. The van der Waals surface area contributed by atoms with Gasteiger partial charge in [-0.3, -0.25) is 9.78 Å². The minimum Gasteiger partial charge on any atom is -0.381 e. The number of carbonyl (C=O) groups excluding carboxylic acids is 1. The van der Waals surface area contributed by atoms with Crippen LogP contribution in [-0.4, -0.2) is 36.9 Å². The van der Waals surface area contributed by atoms with Crippen molar-refractivity contribution in [2.24, 2.45) is 0 Å². The number of nitriles is 1. The Hall–Kier alpha value is -2.92. The maximum atomic E-state index is 12.3. The number of pyridine rings is 1. The van der Waals surface area contributed by atoms with Crippen LogP contribution in [0.4, 0.5) is 11.4 Å². The summed E-state index contributed by atoms with van der Waals surface area (Å²) >= 11 is 0. The molecule has 0 radical (unpaired) electrons. The molecule has 7 nitrogen and oxygen atoms in total. The Morgan fingerprint density at radius 3 is 2.80 bits per heavy atom. The number of anilines is 2. The van der Waals surface area contributed by atoms with Crippen molar-refractivity contribution in [1.82, 2.24) is 4.98 Å². The number of rotatable bonds is 4. The minimum atomic E-state index is -2.97. The van der Waals surface area contributed by atoms with E-state index < -0.39 is 15.7 Å². The smallest absolute Gasteiger partial charge is 0.274 e. The number of hydrogen-bond acceptors (Lipinski definition) is 6. The molecule has 2 aromatic rings. The van der Waals surface area contributed by atoms with Gasteiger partial charge in [0.25, 0.3) is 5.91 Å². The molecule has 2 N–H and O–H groups in total. The van der Waals surface area contributed by atoms with Crippen molar-refractivity contribution >= 4 is 27.1 Å². The molecule has 1 saturated heterocycles. The molecule has 1 fully saturated rings. The molecular weight excluding hydrogens is 340 g/mol. The van der Waals surface area contributed by atoms with E-state index in [2.05, 4.69) is 15.6 Å². The lowest BCUT2D eigenvalue weighted by atomic mass is 10.2. The van der Waals surface area contributed by atoms with E-state index in [1.807, 2.05) is 6.07 Å². The van der Waals surface area contributed by atoms with Crippen molar-refractivity contribution in [2.75, 3.05) is 22.1 Å². The number of aromatic nitrogens is 1. The third-order valence-electron chi connectivity index (χ3n) is 3.85. The topological polar surface area (TPSA) is 112 Å². The maximum Gasteiger partial charge on any atom is 0.274 e. The van der Waals surface area contributed by atoms with Gasteiger partial charge in [0, 0.05) is 23.6 Å². The first-order valence-corrected chi connectivity index (χ1v) is 9.52. The second kappa shape index (κ2) is 6.91. The van der Waals surface area contributed by atoms with E-state index in [9.17, 15) is 13.2 Å². The van der Waals surface area contributed by atoms with Gasteiger partial charge in [-0.1, -0.05) is 6.07 Å². The summed E-state index contributed by atoms with van der Waals surface area (Å²) < 4.78 is 23.0. The minimum absolute atomic E-state index is 0.0950. The van der Waals surface area contributed by atoms with E-state index in [1.54, 1.807) is 36.4 Å². The van der Waals surface area contributed by atoms with Crippen LogP contribution >= 0.6 is 0 Å². The van der Waals surface area contributed by atoms with Crippen LogP contribution in [0.1, 0.15) is 22.5 Å². The van der Waals surface area contributed by atoms with E-state index in [1.165, 1.54) is 6.20 Å².